The van der Waals surface area contributed by atoms with E-state index in [1.165, 1.54) is 41.7 Å². The van der Waals surface area contributed by atoms with E-state index in [2.05, 4.69) is 96.0 Å². The van der Waals surface area contributed by atoms with Crippen LogP contribution in [0, 0.1) is 5.92 Å². The number of unbranched alkanes of at least 4 members (excludes halogenated alkanes) is 2. The molecule has 0 bridgehead atoms. The maximum Gasteiger partial charge on any atom is 0.407 e. The van der Waals surface area contributed by atoms with Gasteiger partial charge in [0.1, 0.15) is 78.8 Å². The number of aliphatic hydroxyl groups is 2. The Hall–Kier alpha value is -15.1. The molecule has 42 heteroatoms. The fourth-order valence-corrected chi connectivity index (χ4v) is 16.5. The molecular weight excluding hydrogens is 1810 g/mol. The first-order chi connectivity index (χ1) is 67.1. The monoisotopic (exact) mass is 1940 g/mol. The van der Waals surface area contributed by atoms with Gasteiger partial charge in [-0.1, -0.05) is 149 Å². The number of aliphatic carboxylic acids is 2. The van der Waals surface area contributed by atoms with Gasteiger partial charge in [0.2, 0.25) is 82.7 Å². The summed E-state index contributed by atoms with van der Waals surface area (Å²) in [6, 6.07) is 19.0. The number of para-hydroxylation sites is 1. The number of aliphatic hydroxyl groups excluding tert-OH is 2. The van der Waals surface area contributed by atoms with E-state index in [9.17, 15) is 82.8 Å². The number of hydrogen-bond donors (Lipinski definition) is 22. The number of nitrogens with two attached hydrogens (primary N) is 1. The lowest BCUT2D eigenvalue weighted by Gasteiger charge is -2.30. The van der Waals surface area contributed by atoms with Crippen LogP contribution in [-0.2, 0) is 107 Å². The van der Waals surface area contributed by atoms with Crippen LogP contribution in [0.1, 0.15) is 163 Å². The number of H-pyrrole nitrogens is 2. The Morgan fingerprint density at radius 1 is 0.514 bits per heavy atom. The number of carbonyl (C=O) groups is 17. The van der Waals surface area contributed by atoms with Gasteiger partial charge in [0, 0.05) is 111 Å². The molecule has 9 rings (SSSR count). The molecule has 2 aliphatic rings. The Morgan fingerprint density at radius 2 is 1.04 bits per heavy atom. The fraction of sp³-hybridized carbons (Fsp3) is 0.449. The summed E-state index contributed by atoms with van der Waals surface area (Å²) in [5.41, 5.74) is 12.7. The van der Waals surface area contributed by atoms with Gasteiger partial charge in [0.05, 0.1) is 32.5 Å². The van der Waals surface area contributed by atoms with Crippen molar-refractivity contribution in [3.05, 3.63) is 192 Å². The second-order valence-corrected chi connectivity index (χ2v) is 35.0. The number of amides is 15. The number of carboxylic acids is 2. The summed E-state index contributed by atoms with van der Waals surface area (Å²) < 4.78 is 5.75. The molecule has 23 N–H and O–H groups in total. The quantitative estimate of drug-likeness (QED) is 0.0239. The summed E-state index contributed by atoms with van der Waals surface area (Å²) in [7, 11) is 0. The number of phenols is 1. The third-order valence-electron chi connectivity index (χ3n) is 23.9. The molecule has 0 saturated carbocycles. The Bertz CT molecular complexity index is 5420. The van der Waals surface area contributed by atoms with E-state index in [1.807, 2.05) is 48.5 Å². The number of imidazole rings is 1. The minimum Gasteiger partial charge on any atom is -0.508 e. The summed E-state index contributed by atoms with van der Waals surface area (Å²) >= 11 is 0. The number of benzene rings is 5. The van der Waals surface area contributed by atoms with Crippen molar-refractivity contribution >= 4 is 112 Å². The van der Waals surface area contributed by atoms with Gasteiger partial charge in [-0.2, -0.15) is 0 Å². The molecule has 1 fully saturated rings. The van der Waals surface area contributed by atoms with Crippen LogP contribution >= 0.6 is 0 Å². The summed E-state index contributed by atoms with van der Waals surface area (Å²) in [6.45, 7) is 8.39. The number of likely N-dealkylation sites (tertiary alicyclic amines) is 1. The normalized spacial score (nSPS) is 14.9. The average molecular weight is 1940 g/mol. The van der Waals surface area contributed by atoms with Gasteiger partial charge >= 0.3 is 18.0 Å². The van der Waals surface area contributed by atoms with E-state index in [1.54, 1.807) is 88.5 Å². The molecular formula is C98H127N19O23. The van der Waals surface area contributed by atoms with E-state index >= 15 is 19.2 Å². The molecule has 1 saturated heterocycles. The predicted octanol–water partition coefficient (Wildman–Crippen LogP) is 1.36. The second kappa shape index (κ2) is 54.7. The zero-order chi connectivity index (χ0) is 101. The molecule has 15 amide bonds. The lowest BCUT2D eigenvalue weighted by molar-refractivity contribution is -0.142. The van der Waals surface area contributed by atoms with E-state index < -0.39 is 231 Å². The maximum absolute atomic E-state index is 15.4. The molecule has 0 spiro atoms. The Kier molecular flexibility index (Phi) is 42.4. The van der Waals surface area contributed by atoms with Crippen molar-refractivity contribution in [1.29, 1.82) is 0 Å². The van der Waals surface area contributed by atoms with Crippen LogP contribution in [0.4, 0.5) is 4.79 Å². The number of nitrogens with zero attached hydrogens (tertiary/aromatic N) is 2. The van der Waals surface area contributed by atoms with Crippen LogP contribution in [0.15, 0.2) is 158 Å². The number of primary amides is 1. The van der Waals surface area contributed by atoms with Crippen molar-refractivity contribution in [2.45, 2.75) is 228 Å². The number of hydrogen-bond acceptors (Lipinski definition) is 23. The standard InChI is InChI=1S/C98H127N19O23/c1-6-7-28-71(111-95(136)79(53-119)115-92(133)75(45-59-33-36-63(120)37-34-59)113-94(135)78(52-118)109-81(121)38-40-85(126)127)89(130)106-61(35-39-84(124)125)48-82(122)108-77(47-62-50-100-55-105-62)93(134)112-74(44-58-21-9-8-10-22-58)91(132)110-72(31-19-42-101-57(4)5)90(131)114-76(46-60-49-103-70-29-16-15-23-64(60)70)88(129)104-51-83(123)107-73(97(138)117-43-20-32-80(117)96(137)116-86(56(2)3)87(99)128)30-17-18-41-102-98(139)140-54-69-67-26-13-11-24-65(67)66-25-12-14-27-68(66)69/h8-16,21-27,29,33-34,36-37,49-50,55-56,61,69,71-80,86,101,103,118-120H,4,6-7,17-20,28,30-32,35,38-48,51-54H2,1-3,5H3,(H2,99,128)(H,100,105)(H,102,139)(H,104,129)(H,106,130)(H,107,123)(H,108,122)(H,109,121)(H,110,132)(H,111,136)(H,112,134)(H,113,135)(H,114,131)(H,115,133)(H,116,137)(H,124,125)(H,126,127). The maximum atomic E-state index is 15.4. The topological polar surface area (TPSA) is 643 Å². The number of aromatic amines is 2. The van der Waals surface area contributed by atoms with Gasteiger partial charge in [-0.25, -0.2) is 9.78 Å². The highest BCUT2D eigenvalue weighted by Gasteiger charge is 2.42. The van der Waals surface area contributed by atoms with E-state index in [0.29, 0.717) is 46.1 Å². The minimum absolute atomic E-state index is 0.0237. The van der Waals surface area contributed by atoms with Crippen LogP contribution in [0.25, 0.3) is 22.0 Å². The van der Waals surface area contributed by atoms with Crippen molar-refractivity contribution in [2.75, 3.05) is 46.0 Å². The molecule has 12 atom stereocenters. The van der Waals surface area contributed by atoms with Crippen molar-refractivity contribution in [2.24, 2.45) is 11.7 Å². The highest BCUT2D eigenvalue weighted by molar-refractivity contribution is 6.00. The van der Waals surface area contributed by atoms with Crippen molar-refractivity contribution in [3.63, 3.8) is 0 Å². The molecule has 752 valence electrons. The van der Waals surface area contributed by atoms with E-state index in [4.69, 9.17) is 15.6 Å². The summed E-state index contributed by atoms with van der Waals surface area (Å²) in [5, 5.41) is 87.3. The number of fused-ring (bicyclic) bond motifs is 4. The number of nitrogens with one attached hydrogen (secondary N) is 16. The van der Waals surface area contributed by atoms with Gasteiger partial charge in [-0.15, -0.1) is 0 Å². The number of aromatic nitrogens is 3. The molecule has 2 aromatic heterocycles. The van der Waals surface area contributed by atoms with Gasteiger partial charge < -0.3 is 125 Å². The lowest BCUT2D eigenvalue weighted by atomic mass is 9.98. The molecule has 5 aromatic carbocycles. The van der Waals surface area contributed by atoms with Gasteiger partial charge in [-0.3, -0.25) is 76.7 Å². The summed E-state index contributed by atoms with van der Waals surface area (Å²) in [6.07, 6.45) is 1.33. The van der Waals surface area contributed by atoms with Crippen molar-refractivity contribution < 1.29 is 112 Å². The Morgan fingerprint density at radius 3 is 1.63 bits per heavy atom. The molecule has 0 radical (unpaired) electrons. The highest BCUT2D eigenvalue weighted by atomic mass is 16.5. The van der Waals surface area contributed by atoms with Crippen LogP contribution in [0.2, 0.25) is 0 Å². The average Bonchev–Trinajstić information content (AvgIpc) is 1.61. The number of alkyl carbamates (subject to hydrolysis) is 1. The Labute approximate surface area is 808 Å². The molecule has 7 aromatic rings. The number of carboxylic acid groups (broad SMARTS) is 2. The first kappa shape index (κ1) is 109. The van der Waals surface area contributed by atoms with Gasteiger partial charge in [0.25, 0.3) is 0 Å². The Balaban J connectivity index is 0.903. The molecule has 3 heterocycles. The van der Waals surface area contributed by atoms with E-state index in [-0.39, 0.29) is 121 Å². The summed E-state index contributed by atoms with van der Waals surface area (Å²) in [4.78, 5) is 248. The van der Waals surface area contributed by atoms with E-state index in [0.717, 1.165) is 22.3 Å². The van der Waals surface area contributed by atoms with Crippen molar-refractivity contribution in [1.82, 2.24) is 94.3 Å². The fourth-order valence-electron chi connectivity index (χ4n) is 16.5. The molecule has 42 nitrogen and oxygen atoms in total. The van der Waals surface area contributed by atoms with Crippen LogP contribution in [0.5, 0.6) is 5.75 Å². The largest absolute Gasteiger partial charge is 0.508 e. The first-order valence-corrected chi connectivity index (χ1v) is 46.8. The highest BCUT2D eigenvalue weighted by Crippen LogP contribution is 2.44. The first-order valence-electron chi connectivity index (χ1n) is 46.8. The number of rotatable bonds is 58. The number of phenolic OH excluding ortho intramolecular Hbond substituents is 1. The molecule has 140 heavy (non-hydrogen) atoms. The van der Waals surface area contributed by atoms with Crippen LogP contribution in [0.3, 0.4) is 0 Å². The lowest BCUT2D eigenvalue weighted by Crippen LogP contribution is -2.60. The minimum atomic E-state index is -1.85. The smallest absolute Gasteiger partial charge is 0.407 e. The zero-order valence-electron chi connectivity index (χ0n) is 78.6. The van der Waals surface area contributed by atoms with Gasteiger partial charge in [-0.05, 0) is 128 Å². The second-order valence-electron chi connectivity index (χ2n) is 35.0. The molecule has 1 aliphatic carbocycles. The summed E-state index contributed by atoms with van der Waals surface area (Å²) in [5.74, 6) is -16.2. The molecule has 1 aliphatic heterocycles. The molecule has 12 unspecified atom stereocenters. The number of allylic oxidation sites excluding steroid dienone is 1. The third kappa shape index (κ3) is 33.7. The van der Waals surface area contributed by atoms with Crippen LogP contribution in [-0.4, -0.2) is 265 Å². The van der Waals surface area contributed by atoms with Crippen molar-refractivity contribution in [3.8, 4) is 16.9 Å². The van der Waals surface area contributed by atoms with Crippen LogP contribution < -0.4 is 80.2 Å². The third-order valence-corrected chi connectivity index (χ3v) is 23.9. The predicted molar refractivity (Wildman–Crippen MR) is 510 cm³/mol. The zero-order valence-corrected chi connectivity index (χ0v) is 78.6. The number of carbonyl (C=O) groups excluding carboxylic acids is 15. The number of ether oxygens (including phenoxy) is 1. The SMILES string of the molecule is C=C(C)NCCCC(NC(=O)C(Cc1ccccc1)NC(=O)C(Cc1cnc[nH]1)NC(=O)CC(CCC(=O)O)NC(=O)C(CCCC)NC(=O)C(CO)NC(=O)C(Cc1ccc(O)cc1)NC(=O)C(CO)NC(=O)CCC(=O)O)C(=O)NC(Cc1c[nH]c2ccccc12)C(=O)NCC(=O)NC(CCCCNC(=O)OCC1c2ccccc2-c2ccccc21)C(=O)N1CCCC1C(=O)NC(C(N)=O)C(C)C. The number of aromatic hydroxyl groups is 1. The van der Waals surface area contributed by atoms with Gasteiger partial charge in [0.15, 0.2) is 0 Å².